The van der Waals surface area contributed by atoms with Crippen molar-refractivity contribution < 1.29 is 9.90 Å². The minimum atomic E-state index is -0.669. The largest absolute Gasteiger partial charge is 0.480 e. The van der Waals surface area contributed by atoms with Gasteiger partial charge in [-0.25, -0.2) is 0 Å². The summed E-state index contributed by atoms with van der Waals surface area (Å²) in [6.07, 6.45) is 8.31. The van der Waals surface area contributed by atoms with E-state index in [4.69, 9.17) is 0 Å². The molecule has 3 atom stereocenters. The highest BCUT2D eigenvalue weighted by Crippen LogP contribution is 2.33. The average Bonchev–Trinajstić information content (AvgIpc) is 2.53. The minimum absolute atomic E-state index is 0.281. The molecule has 1 saturated carbocycles. The molecule has 0 amide bonds. The Morgan fingerprint density at radius 3 is 2.67 bits per heavy atom. The minimum Gasteiger partial charge on any atom is -0.480 e. The Morgan fingerprint density at radius 2 is 2.11 bits per heavy atom. The second-order valence-corrected chi connectivity index (χ2v) is 5.93. The van der Waals surface area contributed by atoms with Crippen molar-refractivity contribution in [3.05, 3.63) is 0 Å². The highest BCUT2D eigenvalue weighted by atomic mass is 16.4. The number of carboxylic acids is 1. The molecule has 3 nitrogen and oxygen atoms in total. The van der Waals surface area contributed by atoms with Crippen molar-refractivity contribution in [1.29, 1.82) is 0 Å². The fraction of sp³-hybridized carbons (Fsp3) is 0.933. The number of carboxylic acid groups (broad SMARTS) is 1. The lowest BCUT2D eigenvalue weighted by Gasteiger charge is -2.32. The molecule has 1 aliphatic carbocycles. The highest BCUT2D eigenvalue weighted by molar-refractivity contribution is 5.78. The van der Waals surface area contributed by atoms with E-state index in [-0.39, 0.29) is 6.04 Å². The summed E-state index contributed by atoms with van der Waals surface area (Å²) in [6, 6.07) is 0.281. The van der Waals surface area contributed by atoms with E-state index < -0.39 is 11.5 Å². The summed E-state index contributed by atoms with van der Waals surface area (Å²) in [5.41, 5.74) is -0.669. The van der Waals surface area contributed by atoms with Gasteiger partial charge in [0.05, 0.1) is 0 Å². The van der Waals surface area contributed by atoms with Crippen LogP contribution in [0.4, 0.5) is 0 Å². The van der Waals surface area contributed by atoms with Gasteiger partial charge in [0.2, 0.25) is 0 Å². The fourth-order valence-electron chi connectivity index (χ4n) is 3.10. The second-order valence-electron chi connectivity index (χ2n) is 5.93. The molecule has 0 bridgehead atoms. The van der Waals surface area contributed by atoms with E-state index in [1.807, 2.05) is 0 Å². The first kappa shape index (κ1) is 15.5. The Morgan fingerprint density at radius 1 is 1.39 bits per heavy atom. The van der Waals surface area contributed by atoms with Gasteiger partial charge in [0.25, 0.3) is 0 Å². The monoisotopic (exact) mass is 255 g/mol. The zero-order chi connectivity index (χ0) is 13.6. The third-order valence-corrected chi connectivity index (χ3v) is 4.44. The van der Waals surface area contributed by atoms with Crippen LogP contribution in [0, 0.1) is 5.92 Å². The Labute approximate surface area is 111 Å². The Balaban J connectivity index is 2.70. The molecule has 0 radical (unpaired) electrons. The molecule has 106 valence electrons. The maximum Gasteiger partial charge on any atom is 0.323 e. The van der Waals surface area contributed by atoms with Crippen molar-refractivity contribution in [1.82, 2.24) is 5.32 Å². The van der Waals surface area contributed by atoms with Crippen LogP contribution in [-0.2, 0) is 4.79 Å². The van der Waals surface area contributed by atoms with Crippen molar-refractivity contribution in [3.8, 4) is 0 Å². The van der Waals surface area contributed by atoms with Crippen LogP contribution >= 0.6 is 0 Å². The van der Waals surface area contributed by atoms with E-state index >= 15 is 0 Å². The first-order valence-corrected chi connectivity index (χ1v) is 7.55. The van der Waals surface area contributed by atoms with Crippen molar-refractivity contribution in [2.24, 2.45) is 5.92 Å². The van der Waals surface area contributed by atoms with Gasteiger partial charge in [0.15, 0.2) is 0 Å². The first-order chi connectivity index (χ1) is 8.54. The normalized spacial score (nSPS) is 30.7. The van der Waals surface area contributed by atoms with Crippen LogP contribution in [-0.4, -0.2) is 22.7 Å². The molecule has 0 aromatic heterocycles. The summed E-state index contributed by atoms with van der Waals surface area (Å²) < 4.78 is 0. The molecule has 0 aromatic carbocycles. The van der Waals surface area contributed by atoms with Gasteiger partial charge in [-0.15, -0.1) is 0 Å². The third-order valence-electron chi connectivity index (χ3n) is 4.44. The molecule has 0 heterocycles. The standard InChI is InChI=1S/C15H29NO2/c1-4-7-13-8-6-10-15(11-9-13,14(17)18)16-12(3)5-2/h12-13,16H,4-11H2,1-3H3,(H,17,18). The van der Waals surface area contributed by atoms with Crippen molar-refractivity contribution in [2.75, 3.05) is 0 Å². The Kier molecular flexibility index (Phi) is 6.13. The quantitative estimate of drug-likeness (QED) is 0.713. The van der Waals surface area contributed by atoms with Crippen molar-refractivity contribution >= 4 is 5.97 Å². The first-order valence-electron chi connectivity index (χ1n) is 7.55. The van der Waals surface area contributed by atoms with Crippen LogP contribution in [0.25, 0.3) is 0 Å². The summed E-state index contributed by atoms with van der Waals surface area (Å²) in [5.74, 6) is 0.0786. The summed E-state index contributed by atoms with van der Waals surface area (Å²) in [5, 5.41) is 13.0. The van der Waals surface area contributed by atoms with Gasteiger partial charge in [-0.2, -0.15) is 0 Å². The van der Waals surface area contributed by atoms with Crippen molar-refractivity contribution in [2.45, 2.75) is 83.7 Å². The van der Waals surface area contributed by atoms with Gasteiger partial charge in [-0.05, 0) is 38.5 Å². The molecule has 3 unspecified atom stereocenters. The molecular weight excluding hydrogens is 226 g/mol. The topological polar surface area (TPSA) is 49.3 Å². The van der Waals surface area contributed by atoms with E-state index in [2.05, 4.69) is 26.1 Å². The number of rotatable bonds is 6. The summed E-state index contributed by atoms with van der Waals surface area (Å²) in [6.45, 7) is 6.40. The van der Waals surface area contributed by atoms with Gasteiger partial charge in [0.1, 0.15) is 5.54 Å². The number of hydrogen-bond donors (Lipinski definition) is 2. The molecule has 1 fully saturated rings. The van der Waals surface area contributed by atoms with Gasteiger partial charge in [-0.3, -0.25) is 10.1 Å². The molecule has 0 aliphatic heterocycles. The molecule has 0 spiro atoms. The molecule has 1 rings (SSSR count). The van der Waals surface area contributed by atoms with Crippen molar-refractivity contribution in [3.63, 3.8) is 0 Å². The maximum atomic E-state index is 11.7. The van der Waals surface area contributed by atoms with E-state index in [0.717, 1.165) is 38.0 Å². The molecule has 0 saturated heterocycles. The molecule has 3 heteroatoms. The maximum absolute atomic E-state index is 11.7. The average molecular weight is 255 g/mol. The summed E-state index contributed by atoms with van der Waals surface area (Å²) >= 11 is 0. The van der Waals surface area contributed by atoms with Crippen LogP contribution in [0.1, 0.15) is 72.1 Å². The second kappa shape index (κ2) is 7.13. The number of nitrogens with one attached hydrogen (secondary N) is 1. The van der Waals surface area contributed by atoms with Gasteiger partial charge in [-0.1, -0.05) is 39.5 Å². The lowest BCUT2D eigenvalue weighted by atomic mass is 9.88. The van der Waals surface area contributed by atoms with Crippen LogP contribution in [0.15, 0.2) is 0 Å². The van der Waals surface area contributed by atoms with Gasteiger partial charge < -0.3 is 5.11 Å². The van der Waals surface area contributed by atoms with Gasteiger partial charge in [0, 0.05) is 6.04 Å². The molecule has 18 heavy (non-hydrogen) atoms. The summed E-state index contributed by atoms with van der Waals surface area (Å²) in [7, 11) is 0. The number of aliphatic carboxylic acids is 1. The Hall–Kier alpha value is -0.570. The third kappa shape index (κ3) is 3.98. The van der Waals surface area contributed by atoms with Crippen LogP contribution in [0.3, 0.4) is 0 Å². The molecule has 0 aromatic rings. The zero-order valence-corrected chi connectivity index (χ0v) is 12.2. The predicted molar refractivity (Wildman–Crippen MR) is 74.7 cm³/mol. The van der Waals surface area contributed by atoms with E-state index in [1.54, 1.807) is 0 Å². The number of hydrogen-bond acceptors (Lipinski definition) is 2. The highest BCUT2D eigenvalue weighted by Gasteiger charge is 2.40. The van der Waals surface area contributed by atoms with E-state index in [9.17, 15) is 9.90 Å². The number of carbonyl (C=O) groups is 1. The van der Waals surface area contributed by atoms with Gasteiger partial charge >= 0.3 is 5.97 Å². The predicted octanol–water partition coefficient (Wildman–Crippen LogP) is 3.58. The molecule has 1 aliphatic rings. The lowest BCUT2D eigenvalue weighted by Crippen LogP contribution is -2.55. The smallest absolute Gasteiger partial charge is 0.323 e. The molecular formula is C15H29NO2. The summed E-state index contributed by atoms with van der Waals surface area (Å²) in [4.78, 5) is 11.7. The van der Waals surface area contributed by atoms with Crippen LogP contribution in [0.5, 0.6) is 0 Å². The SMILES string of the molecule is CCCC1CCCC(NC(C)CC)(C(=O)O)CC1. The van der Waals surface area contributed by atoms with Crippen LogP contribution < -0.4 is 5.32 Å². The van der Waals surface area contributed by atoms with E-state index in [1.165, 1.54) is 19.3 Å². The van der Waals surface area contributed by atoms with Crippen LogP contribution in [0.2, 0.25) is 0 Å². The van der Waals surface area contributed by atoms with E-state index in [0.29, 0.717) is 0 Å². The zero-order valence-electron chi connectivity index (χ0n) is 12.2. The fourth-order valence-corrected chi connectivity index (χ4v) is 3.10. The Bertz CT molecular complexity index is 267. The lowest BCUT2D eigenvalue weighted by molar-refractivity contribution is -0.146. The molecule has 2 N–H and O–H groups in total.